The summed E-state index contributed by atoms with van der Waals surface area (Å²) in [6.07, 6.45) is 8.81. The molecule has 1 fully saturated rings. The molecule has 0 aromatic rings. The first-order valence-electron chi connectivity index (χ1n) is 8.90. The number of aliphatic carboxylic acids is 1. The van der Waals surface area contributed by atoms with Gasteiger partial charge in [-0.3, -0.25) is 4.79 Å². The fraction of sp³-hybridized carbons (Fsp3) is 0.833. The van der Waals surface area contributed by atoms with Crippen LogP contribution in [0.25, 0.3) is 0 Å². The van der Waals surface area contributed by atoms with Gasteiger partial charge in [0.1, 0.15) is 0 Å². The zero-order valence-corrected chi connectivity index (χ0v) is 14.1. The summed E-state index contributed by atoms with van der Waals surface area (Å²) in [6.45, 7) is 2.01. The molecule has 0 bridgehead atoms. The van der Waals surface area contributed by atoms with Crippen molar-refractivity contribution in [3.63, 3.8) is 0 Å². The van der Waals surface area contributed by atoms with Crippen LogP contribution in [-0.2, 0) is 4.79 Å². The maximum Gasteiger partial charge on any atom is 0.303 e. The Hall–Kier alpha value is -0.910. The molecule has 0 spiro atoms. The van der Waals surface area contributed by atoms with Gasteiger partial charge in [-0.1, -0.05) is 51.2 Å². The molecule has 23 heavy (non-hydrogen) atoms. The molecule has 134 valence electrons. The maximum absolute atomic E-state index is 10.4. The zero-order chi connectivity index (χ0) is 17.2. The average Bonchev–Trinajstić information content (AvgIpc) is 2.76. The first kappa shape index (κ1) is 20.1. The van der Waals surface area contributed by atoms with Crippen molar-refractivity contribution in [1.82, 2.24) is 0 Å². The van der Waals surface area contributed by atoms with E-state index in [4.69, 9.17) is 5.11 Å². The summed E-state index contributed by atoms with van der Waals surface area (Å²) in [5.74, 6) is -0.737. The van der Waals surface area contributed by atoms with Crippen LogP contribution in [0.1, 0.15) is 64.7 Å². The Labute approximate surface area is 139 Å². The molecule has 0 radical (unpaired) electrons. The average molecular weight is 328 g/mol. The van der Waals surface area contributed by atoms with Crippen LogP contribution in [0, 0.1) is 11.8 Å². The molecule has 1 aliphatic carbocycles. The standard InChI is InChI=1S/C18H32O5/c1-2-14-15(17(21)12-16(14)20)11-10-13(19)8-6-4-3-5-7-9-18(22)23/h10-11,13-17,19-21H,2-9,12H2,1H3,(H,22,23)/b11-10+. The van der Waals surface area contributed by atoms with E-state index >= 15 is 0 Å². The van der Waals surface area contributed by atoms with Crippen molar-refractivity contribution >= 4 is 5.97 Å². The van der Waals surface area contributed by atoms with Crippen molar-refractivity contribution in [1.29, 1.82) is 0 Å². The SMILES string of the molecule is CCC1C(O)CC(O)C1/C=C/C(O)CCCCCCCC(=O)O. The Morgan fingerprint density at radius 2 is 1.78 bits per heavy atom. The number of hydrogen-bond acceptors (Lipinski definition) is 4. The second-order valence-corrected chi connectivity index (χ2v) is 6.67. The number of carboxylic acids is 1. The van der Waals surface area contributed by atoms with E-state index in [1.165, 1.54) is 0 Å². The first-order valence-corrected chi connectivity index (χ1v) is 8.90. The third-order valence-electron chi connectivity index (χ3n) is 4.83. The summed E-state index contributed by atoms with van der Waals surface area (Å²) in [4.78, 5) is 10.4. The highest BCUT2D eigenvalue weighted by Crippen LogP contribution is 2.35. The summed E-state index contributed by atoms with van der Waals surface area (Å²) in [5.41, 5.74) is 0. The number of aliphatic hydroxyl groups is 3. The lowest BCUT2D eigenvalue weighted by molar-refractivity contribution is -0.137. The Balaban J connectivity index is 2.18. The Morgan fingerprint density at radius 3 is 2.43 bits per heavy atom. The van der Waals surface area contributed by atoms with Crippen molar-refractivity contribution in [2.45, 2.75) is 83.0 Å². The number of unbranched alkanes of at least 4 members (excludes halogenated alkanes) is 4. The summed E-state index contributed by atoms with van der Waals surface area (Å²) >= 11 is 0. The smallest absolute Gasteiger partial charge is 0.303 e. The summed E-state index contributed by atoms with van der Waals surface area (Å²) in [7, 11) is 0. The number of aliphatic hydroxyl groups excluding tert-OH is 3. The molecular weight excluding hydrogens is 296 g/mol. The van der Waals surface area contributed by atoms with Crippen LogP contribution in [0.5, 0.6) is 0 Å². The zero-order valence-electron chi connectivity index (χ0n) is 14.1. The minimum atomic E-state index is -0.741. The van der Waals surface area contributed by atoms with Crippen molar-refractivity contribution in [3.8, 4) is 0 Å². The minimum absolute atomic E-state index is 0.0688. The predicted octanol–water partition coefficient (Wildman–Crippen LogP) is 2.49. The van der Waals surface area contributed by atoms with Crippen molar-refractivity contribution in [2.24, 2.45) is 11.8 Å². The molecule has 5 atom stereocenters. The highest BCUT2D eigenvalue weighted by Gasteiger charge is 2.38. The largest absolute Gasteiger partial charge is 0.481 e. The molecule has 0 heterocycles. The second kappa shape index (κ2) is 10.8. The van der Waals surface area contributed by atoms with Crippen molar-refractivity contribution in [3.05, 3.63) is 12.2 Å². The van der Waals surface area contributed by atoms with Gasteiger partial charge in [0, 0.05) is 18.8 Å². The van der Waals surface area contributed by atoms with Crippen LogP contribution < -0.4 is 0 Å². The normalized spacial score (nSPS) is 29.2. The van der Waals surface area contributed by atoms with Gasteiger partial charge in [-0.05, 0) is 18.8 Å². The van der Waals surface area contributed by atoms with Crippen LogP contribution in [-0.4, -0.2) is 44.7 Å². The quantitative estimate of drug-likeness (QED) is 0.345. The molecule has 0 amide bonds. The van der Waals surface area contributed by atoms with E-state index in [1.54, 1.807) is 6.08 Å². The number of rotatable bonds is 11. The lowest BCUT2D eigenvalue weighted by Gasteiger charge is -2.19. The maximum atomic E-state index is 10.4. The Bertz CT molecular complexity index is 368. The highest BCUT2D eigenvalue weighted by atomic mass is 16.4. The number of carboxylic acid groups (broad SMARTS) is 1. The second-order valence-electron chi connectivity index (χ2n) is 6.67. The molecule has 0 aromatic heterocycles. The summed E-state index contributed by atoms with van der Waals surface area (Å²) in [6, 6.07) is 0. The van der Waals surface area contributed by atoms with E-state index in [2.05, 4.69) is 0 Å². The number of hydrogen-bond donors (Lipinski definition) is 4. The fourth-order valence-corrected chi connectivity index (χ4v) is 3.45. The van der Waals surface area contributed by atoms with Gasteiger partial charge in [-0.2, -0.15) is 0 Å². The topological polar surface area (TPSA) is 98.0 Å². The van der Waals surface area contributed by atoms with Gasteiger partial charge in [0.2, 0.25) is 0 Å². The Morgan fingerprint density at radius 1 is 1.13 bits per heavy atom. The van der Waals surface area contributed by atoms with Crippen molar-refractivity contribution in [2.75, 3.05) is 0 Å². The Kier molecular flexibility index (Phi) is 9.44. The fourth-order valence-electron chi connectivity index (χ4n) is 3.45. The van der Waals surface area contributed by atoms with Crippen LogP contribution in [0.4, 0.5) is 0 Å². The molecule has 5 heteroatoms. The molecule has 0 aromatic carbocycles. The molecule has 0 saturated heterocycles. The first-order chi connectivity index (χ1) is 11.0. The van der Waals surface area contributed by atoms with Crippen LogP contribution >= 0.6 is 0 Å². The van der Waals surface area contributed by atoms with Gasteiger partial charge in [-0.25, -0.2) is 0 Å². The van der Waals surface area contributed by atoms with E-state index in [0.29, 0.717) is 12.8 Å². The molecule has 5 nitrogen and oxygen atoms in total. The minimum Gasteiger partial charge on any atom is -0.481 e. The molecule has 0 aliphatic heterocycles. The van der Waals surface area contributed by atoms with Crippen LogP contribution in [0.15, 0.2) is 12.2 Å². The van der Waals surface area contributed by atoms with Gasteiger partial charge >= 0.3 is 5.97 Å². The number of carbonyl (C=O) groups is 1. The lowest BCUT2D eigenvalue weighted by atomic mass is 9.90. The van der Waals surface area contributed by atoms with E-state index in [0.717, 1.165) is 38.5 Å². The molecule has 1 rings (SSSR count). The summed E-state index contributed by atoms with van der Waals surface area (Å²) < 4.78 is 0. The third-order valence-corrected chi connectivity index (χ3v) is 4.83. The molecular formula is C18H32O5. The van der Waals surface area contributed by atoms with Crippen molar-refractivity contribution < 1.29 is 25.2 Å². The van der Waals surface area contributed by atoms with E-state index < -0.39 is 24.3 Å². The van der Waals surface area contributed by atoms with Crippen LogP contribution in [0.2, 0.25) is 0 Å². The van der Waals surface area contributed by atoms with E-state index in [1.807, 2.05) is 13.0 Å². The van der Waals surface area contributed by atoms with Gasteiger partial charge in [0.25, 0.3) is 0 Å². The van der Waals surface area contributed by atoms with Crippen LogP contribution in [0.3, 0.4) is 0 Å². The van der Waals surface area contributed by atoms with Gasteiger partial charge in [0.05, 0.1) is 18.3 Å². The predicted molar refractivity (Wildman–Crippen MR) is 89.0 cm³/mol. The van der Waals surface area contributed by atoms with Gasteiger partial charge in [0.15, 0.2) is 0 Å². The molecule has 1 saturated carbocycles. The molecule has 4 N–H and O–H groups in total. The van der Waals surface area contributed by atoms with Gasteiger partial charge in [-0.15, -0.1) is 0 Å². The molecule has 5 unspecified atom stereocenters. The summed E-state index contributed by atoms with van der Waals surface area (Å²) in [5, 5.41) is 38.4. The van der Waals surface area contributed by atoms with E-state index in [-0.39, 0.29) is 18.3 Å². The third kappa shape index (κ3) is 7.46. The van der Waals surface area contributed by atoms with Gasteiger partial charge < -0.3 is 20.4 Å². The molecule has 1 aliphatic rings. The highest BCUT2D eigenvalue weighted by molar-refractivity contribution is 5.66. The van der Waals surface area contributed by atoms with E-state index in [9.17, 15) is 20.1 Å². The lowest BCUT2D eigenvalue weighted by Crippen LogP contribution is -2.20. The monoisotopic (exact) mass is 328 g/mol.